The van der Waals surface area contributed by atoms with E-state index in [2.05, 4.69) is 37.4 Å². The molecule has 162 valence electrons. The lowest BCUT2D eigenvalue weighted by atomic mass is 10.1. The van der Waals surface area contributed by atoms with Crippen LogP contribution >= 0.6 is 12.4 Å². The molecule has 2 aromatic heterocycles. The molecule has 4 rings (SSSR count). The standard InChI is InChI=1S/C21H23N7O2.ClH/c1-28-7-5-15(6-8-28)30-16-3-4-17(19(9-16)29-2)18-10-20(27-26-18)25-21-13-23-14(11-22)12-24-21;/h3-4,9-10,12-13,15H,5-8H2,1-2H3,(H2,24,25,26,27);1H. The number of hydrogen-bond acceptors (Lipinski definition) is 8. The molecule has 0 spiro atoms. The molecule has 0 aliphatic carbocycles. The van der Waals surface area contributed by atoms with E-state index in [1.807, 2.05) is 30.3 Å². The zero-order valence-corrected chi connectivity index (χ0v) is 18.1. The van der Waals surface area contributed by atoms with Gasteiger partial charge in [0.2, 0.25) is 0 Å². The van der Waals surface area contributed by atoms with Crippen molar-refractivity contribution in [3.63, 3.8) is 0 Å². The number of halogens is 1. The Labute approximate surface area is 186 Å². The number of aromatic nitrogens is 4. The molecule has 0 radical (unpaired) electrons. The highest BCUT2D eigenvalue weighted by molar-refractivity contribution is 5.85. The molecule has 31 heavy (non-hydrogen) atoms. The van der Waals surface area contributed by atoms with Gasteiger partial charge in [0, 0.05) is 30.8 Å². The SMILES string of the molecule is COc1cc(OC2CCN(C)CC2)ccc1-c1cc(Nc2cnc(C#N)cn2)n[nH]1.Cl. The number of H-pyrrole nitrogens is 1. The number of ether oxygens (including phenoxy) is 2. The quantitative estimate of drug-likeness (QED) is 0.598. The van der Waals surface area contributed by atoms with Crippen molar-refractivity contribution in [1.29, 1.82) is 5.26 Å². The molecule has 0 bridgehead atoms. The highest BCUT2D eigenvalue weighted by Crippen LogP contribution is 2.34. The lowest BCUT2D eigenvalue weighted by Gasteiger charge is -2.29. The van der Waals surface area contributed by atoms with Crippen LogP contribution in [0.4, 0.5) is 11.6 Å². The average molecular weight is 442 g/mol. The summed E-state index contributed by atoms with van der Waals surface area (Å²) in [7, 11) is 3.77. The summed E-state index contributed by atoms with van der Waals surface area (Å²) < 4.78 is 11.7. The van der Waals surface area contributed by atoms with Crippen molar-refractivity contribution < 1.29 is 9.47 Å². The molecule has 10 heteroatoms. The van der Waals surface area contributed by atoms with E-state index >= 15 is 0 Å². The highest BCUT2D eigenvalue weighted by Gasteiger charge is 2.19. The van der Waals surface area contributed by atoms with Crippen molar-refractivity contribution in [2.24, 2.45) is 0 Å². The second kappa shape index (κ2) is 10.1. The summed E-state index contributed by atoms with van der Waals surface area (Å²) in [6.45, 7) is 2.10. The molecule has 0 unspecified atom stereocenters. The summed E-state index contributed by atoms with van der Waals surface area (Å²) in [6.07, 6.45) is 5.17. The molecular weight excluding hydrogens is 418 g/mol. The van der Waals surface area contributed by atoms with Crippen LogP contribution in [0, 0.1) is 11.3 Å². The van der Waals surface area contributed by atoms with Gasteiger partial charge in [-0.25, -0.2) is 9.97 Å². The van der Waals surface area contributed by atoms with Gasteiger partial charge in [0.15, 0.2) is 11.5 Å². The van der Waals surface area contributed by atoms with Crippen LogP contribution in [0.3, 0.4) is 0 Å². The maximum absolute atomic E-state index is 8.81. The van der Waals surface area contributed by atoms with Crippen LogP contribution in [0.15, 0.2) is 36.7 Å². The first-order valence-corrected chi connectivity index (χ1v) is 9.73. The van der Waals surface area contributed by atoms with Gasteiger partial charge in [0.25, 0.3) is 0 Å². The van der Waals surface area contributed by atoms with Gasteiger partial charge in [0.05, 0.1) is 25.2 Å². The number of aromatic amines is 1. The topological polar surface area (TPSA) is 112 Å². The van der Waals surface area contributed by atoms with Crippen molar-refractivity contribution in [2.45, 2.75) is 18.9 Å². The molecule has 1 aliphatic rings. The van der Waals surface area contributed by atoms with E-state index in [9.17, 15) is 0 Å². The van der Waals surface area contributed by atoms with Gasteiger partial charge < -0.3 is 19.7 Å². The molecule has 0 atom stereocenters. The predicted molar refractivity (Wildman–Crippen MR) is 119 cm³/mol. The molecule has 9 nitrogen and oxygen atoms in total. The molecule has 3 heterocycles. The summed E-state index contributed by atoms with van der Waals surface area (Å²) >= 11 is 0. The summed E-state index contributed by atoms with van der Waals surface area (Å²) in [5.41, 5.74) is 1.93. The maximum Gasteiger partial charge on any atom is 0.158 e. The molecule has 1 fully saturated rings. The third-order valence-electron chi connectivity index (χ3n) is 5.03. The first-order chi connectivity index (χ1) is 14.6. The molecule has 0 amide bonds. The number of rotatable bonds is 6. The fraction of sp³-hybridized carbons (Fsp3) is 0.333. The Morgan fingerprint density at radius 3 is 2.65 bits per heavy atom. The Morgan fingerprint density at radius 1 is 1.16 bits per heavy atom. The lowest BCUT2D eigenvalue weighted by Crippen LogP contribution is -2.35. The van der Waals surface area contributed by atoms with E-state index in [1.165, 1.54) is 12.4 Å². The zero-order valence-electron chi connectivity index (χ0n) is 17.3. The summed E-state index contributed by atoms with van der Waals surface area (Å²) in [6, 6.07) is 9.62. The van der Waals surface area contributed by atoms with E-state index in [-0.39, 0.29) is 24.2 Å². The van der Waals surface area contributed by atoms with Crippen LogP contribution in [-0.4, -0.2) is 58.4 Å². The predicted octanol–water partition coefficient (Wildman–Crippen LogP) is 3.39. The van der Waals surface area contributed by atoms with Crippen LogP contribution in [0.1, 0.15) is 18.5 Å². The number of hydrogen-bond donors (Lipinski definition) is 2. The van der Waals surface area contributed by atoms with Gasteiger partial charge in [0.1, 0.15) is 29.5 Å². The van der Waals surface area contributed by atoms with E-state index < -0.39 is 0 Å². The van der Waals surface area contributed by atoms with Crippen LogP contribution in [0.5, 0.6) is 11.5 Å². The summed E-state index contributed by atoms with van der Waals surface area (Å²) in [5.74, 6) is 2.59. The third-order valence-corrected chi connectivity index (χ3v) is 5.03. The number of methoxy groups -OCH3 is 1. The zero-order chi connectivity index (χ0) is 20.9. The van der Waals surface area contributed by atoms with Gasteiger partial charge in [-0.3, -0.25) is 5.10 Å². The van der Waals surface area contributed by atoms with E-state index in [4.69, 9.17) is 14.7 Å². The Kier molecular flexibility index (Phi) is 7.28. The van der Waals surface area contributed by atoms with Crippen molar-refractivity contribution in [2.75, 3.05) is 32.6 Å². The smallest absolute Gasteiger partial charge is 0.158 e. The number of likely N-dealkylation sites (tertiary alicyclic amines) is 1. The average Bonchev–Trinajstić information content (AvgIpc) is 3.24. The number of anilines is 2. The minimum Gasteiger partial charge on any atom is -0.496 e. The Bertz CT molecular complexity index is 1040. The fourth-order valence-electron chi connectivity index (χ4n) is 3.37. The summed E-state index contributed by atoms with van der Waals surface area (Å²) in [5, 5.41) is 19.1. The van der Waals surface area contributed by atoms with Gasteiger partial charge in [-0.2, -0.15) is 10.4 Å². The Hall–Kier alpha value is -3.35. The highest BCUT2D eigenvalue weighted by atomic mass is 35.5. The molecule has 0 saturated carbocycles. The minimum absolute atomic E-state index is 0. The van der Waals surface area contributed by atoms with Crippen molar-refractivity contribution in [3.8, 4) is 28.8 Å². The number of nitrogens with zero attached hydrogens (tertiary/aromatic N) is 5. The maximum atomic E-state index is 8.81. The number of piperidine rings is 1. The van der Waals surface area contributed by atoms with Crippen molar-refractivity contribution in [3.05, 3.63) is 42.4 Å². The van der Waals surface area contributed by atoms with E-state index in [0.717, 1.165) is 42.9 Å². The van der Waals surface area contributed by atoms with Crippen molar-refractivity contribution >= 4 is 24.0 Å². The second-order valence-corrected chi connectivity index (χ2v) is 7.17. The van der Waals surface area contributed by atoms with E-state index in [0.29, 0.717) is 17.4 Å². The third kappa shape index (κ3) is 5.42. The van der Waals surface area contributed by atoms with Gasteiger partial charge in [-0.05, 0) is 32.0 Å². The number of benzene rings is 1. The fourth-order valence-corrected chi connectivity index (χ4v) is 3.37. The molecular formula is C21H24ClN7O2. The summed E-state index contributed by atoms with van der Waals surface area (Å²) in [4.78, 5) is 10.4. The minimum atomic E-state index is 0. The lowest BCUT2D eigenvalue weighted by molar-refractivity contribution is 0.114. The molecule has 1 saturated heterocycles. The van der Waals surface area contributed by atoms with Crippen LogP contribution in [0.2, 0.25) is 0 Å². The molecule has 1 aliphatic heterocycles. The first-order valence-electron chi connectivity index (χ1n) is 9.73. The van der Waals surface area contributed by atoms with Crippen LogP contribution in [0.25, 0.3) is 11.3 Å². The van der Waals surface area contributed by atoms with Crippen molar-refractivity contribution in [1.82, 2.24) is 25.1 Å². The molecule has 3 aromatic rings. The Morgan fingerprint density at radius 2 is 1.97 bits per heavy atom. The van der Waals surface area contributed by atoms with E-state index in [1.54, 1.807) is 7.11 Å². The monoisotopic (exact) mass is 441 g/mol. The second-order valence-electron chi connectivity index (χ2n) is 7.17. The largest absolute Gasteiger partial charge is 0.496 e. The van der Waals surface area contributed by atoms with Gasteiger partial charge in [-0.15, -0.1) is 12.4 Å². The molecule has 1 aromatic carbocycles. The van der Waals surface area contributed by atoms with Gasteiger partial charge >= 0.3 is 0 Å². The van der Waals surface area contributed by atoms with Crippen LogP contribution < -0.4 is 14.8 Å². The molecule has 2 N–H and O–H groups in total. The Balaban J connectivity index is 0.00000272. The first kappa shape index (κ1) is 22.3. The normalized spacial score (nSPS) is 14.4. The number of nitrogens with one attached hydrogen (secondary N) is 2. The number of nitriles is 1. The van der Waals surface area contributed by atoms with Crippen LogP contribution in [-0.2, 0) is 0 Å². The van der Waals surface area contributed by atoms with Gasteiger partial charge in [-0.1, -0.05) is 0 Å².